The van der Waals surface area contributed by atoms with Gasteiger partial charge in [0.05, 0.1) is 49.1 Å². The summed E-state index contributed by atoms with van der Waals surface area (Å²) in [6.07, 6.45) is 1.95. The highest BCUT2D eigenvalue weighted by molar-refractivity contribution is 6.03. The molecule has 2 aliphatic heterocycles. The Morgan fingerprint density at radius 2 is 1.85 bits per heavy atom. The summed E-state index contributed by atoms with van der Waals surface area (Å²) in [4.78, 5) is 16.9. The SMILES string of the molecule is N[C@@H]1CC[C@@H](Cc2[nH]ncc2NC(=O)c2ccc(F)c(-c3c(F)cc(OC4CCOCC4)cc3F)n2)OC[C@H]1F. The minimum absolute atomic E-state index is 0.0332. The normalized spacial score (nSPS) is 22.1. The maximum absolute atomic E-state index is 15.0. The summed E-state index contributed by atoms with van der Waals surface area (Å²) >= 11 is 0. The number of rotatable bonds is 7. The van der Waals surface area contributed by atoms with Crippen LogP contribution in [-0.4, -0.2) is 65.3 Å². The molecule has 2 aromatic heterocycles. The van der Waals surface area contributed by atoms with Gasteiger partial charge in [0.15, 0.2) is 0 Å². The van der Waals surface area contributed by atoms with E-state index < -0.39 is 46.8 Å². The number of carbonyl (C=O) groups excluding carboxylic acids is 1. The summed E-state index contributed by atoms with van der Waals surface area (Å²) < 4.78 is 75.1. The number of nitrogens with two attached hydrogens (primary N) is 1. The highest BCUT2D eigenvalue weighted by Gasteiger charge is 2.27. The van der Waals surface area contributed by atoms with E-state index in [4.69, 9.17) is 19.9 Å². The Morgan fingerprint density at radius 3 is 2.60 bits per heavy atom. The van der Waals surface area contributed by atoms with Gasteiger partial charge in [0.25, 0.3) is 5.91 Å². The van der Waals surface area contributed by atoms with E-state index in [9.17, 15) is 13.6 Å². The number of pyridine rings is 1. The molecule has 5 rings (SSSR count). The van der Waals surface area contributed by atoms with E-state index in [2.05, 4.69) is 20.5 Å². The molecule has 0 unspecified atom stereocenters. The van der Waals surface area contributed by atoms with Crippen LogP contribution in [-0.2, 0) is 15.9 Å². The third kappa shape index (κ3) is 6.43. The van der Waals surface area contributed by atoms with Gasteiger partial charge in [-0.3, -0.25) is 9.89 Å². The molecule has 4 heterocycles. The van der Waals surface area contributed by atoms with Crippen molar-refractivity contribution in [1.82, 2.24) is 15.2 Å². The summed E-state index contributed by atoms with van der Waals surface area (Å²) in [7, 11) is 0. The molecule has 1 aromatic carbocycles. The maximum Gasteiger partial charge on any atom is 0.274 e. The maximum atomic E-state index is 15.0. The van der Waals surface area contributed by atoms with Gasteiger partial charge in [-0.25, -0.2) is 22.5 Å². The van der Waals surface area contributed by atoms with Crippen LogP contribution in [0.1, 0.15) is 41.9 Å². The second-order valence-corrected chi connectivity index (χ2v) is 9.85. The zero-order valence-electron chi connectivity index (χ0n) is 21.5. The fourth-order valence-corrected chi connectivity index (χ4v) is 4.72. The molecule has 3 atom stereocenters. The first-order valence-corrected chi connectivity index (χ1v) is 13.0. The minimum atomic E-state index is -1.25. The van der Waals surface area contributed by atoms with E-state index in [1.54, 1.807) is 0 Å². The first-order chi connectivity index (χ1) is 19.3. The van der Waals surface area contributed by atoms with Crippen LogP contribution in [0.15, 0.2) is 30.5 Å². The van der Waals surface area contributed by atoms with Gasteiger partial charge in [-0.05, 0) is 25.0 Å². The van der Waals surface area contributed by atoms with Crippen molar-refractivity contribution in [2.75, 3.05) is 25.1 Å². The Morgan fingerprint density at radius 1 is 1.10 bits per heavy atom. The van der Waals surface area contributed by atoms with Gasteiger partial charge in [-0.1, -0.05) is 0 Å². The van der Waals surface area contributed by atoms with Crippen LogP contribution in [0.2, 0.25) is 0 Å². The number of nitrogens with one attached hydrogen (secondary N) is 2. The molecule has 9 nitrogen and oxygen atoms in total. The monoisotopic (exact) mass is 563 g/mol. The van der Waals surface area contributed by atoms with Crippen molar-refractivity contribution in [1.29, 1.82) is 0 Å². The van der Waals surface area contributed by atoms with Crippen LogP contribution in [0.25, 0.3) is 11.3 Å². The van der Waals surface area contributed by atoms with Gasteiger partial charge in [0.1, 0.15) is 46.9 Å². The average Bonchev–Trinajstić information content (AvgIpc) is 3.29. The molecule has 0 bridgehead atoms. The summed E-state index contributed by atoms with van der Waals surface area (Å²) in [5.74, 6) is -3.96. The molecule has 2 aliphatic rings. The van der Waals surface area contributed by atoms with Crippen molar-refractivity contribution in [3.8, 4) is 17.0 Å². The second kappa shape index (κ2) is 12.3. The van der Waals surface area contributed by atoms with Crippen molar-refractivity contribution in [2.45, 2.75) is 56.5 Å². The molecule has 0 aliphatic carbocycles. The number of hydrogen-bond acceptors (Lipinski definition) is 7. The quantitative estimate of drug-likeness (QED) is 0.370. The molecule has 0 saturated carbocycles. The lowest BCUT2D eigenvalue weighted by molar-refractivity contribution is 0.0253. The Kier molecular flexibility index (Phi) is 8.62. The molecule has 0 spiro atoms. The fourth-order valence-electron chi connectivity index (χ4n) is 4.72. The zero-order chi connectivity index (χ0) is 28.2. The topological polar surface area (TPSA) is 124 Å². The van der Waals surface area contributed by atoms with Crippen molar-refractivity contribution >= 4 is 11.6 Å². The van der Waals surface area contributed by atoms with E-state index in [0.29, 0.717) is 56.7 Å². The van der Waals surface area contributed by atoms with E-state index in [1.165, 1.54) is 6.20 Å². The number of aromatic nitrogens is 3. The largest absolute Gasteiger partial charge is 0.490 e. The van der Waals surface area contributed by atoms with Gasteiger partial charge in [0, 0.05) is 37.4 Å². The molecule has 214 valence electrons. The van der Waals surface area contributed by atoms with Crippen molar-refractivity contribution in [3.05, 3.63) is 59.3 Å². The number of H-pyrrole nitrogens is 1. The molecule has 2 saturated heterocycles. The Labute approximate surface area is 227 Å². The number of carbonyl (C=O) groups is 1. The third-order valence-electron chi connectivity index (χ3n) is 6.98. The molecule has 0 radical (unpaired) electrons. The molecular formula is C27H29F4N5O4. The number of aromatic amines is 1. The number of amides is 1. The van der Waals surface area contributed by atoms with Gasteiger partial charge in [-0.15, -0.1) is 0 Å². The molecule has 1 amide bonds. The number of hydrogen-bond donors (Lipinski definition) is 3. The van der Waals surface area contributed by atoms with Gasteiger partial charge in [0.2, 0.25) is 0 Å². The molecule has 2 fully saturated rings. The van der Waals surface area contributed by atoms with Crippen molar-refractivity contribution in [3.63, 3.8) is 0 Å². The van der Waals surface area contributed by atoms with E-state index >= 15 is 8.78 Å². The molecular weight excluding hydrogens is 534 g/mol. The van der Waals surface area contributed by atoms with Gasteiger partial charge in [-0.2, -0.15) is 5.10 Å². The van der Waals surface area contributed by atoms with E-state index in [0.717, 1.165) is 24.3 Å². The van der Waals surface area contributed by atoms with Crippen LogP contribution < -0.4 is 15.8 Å². The van der Waals surface area contributed by atoms with E-state index in [-0.39, 0.29) is 30.3 Å². The van der Waals surface area contributed by atoms with Crippen molar-refractivity contribution < 1.29 is 36.6 Å². The number of alkyl halides is 1. The van der Waals surface area contributed by atoms with Crippen LogP contribution >= 0.6 is 0 Å². The summed E-state index contributed by atoms with van der Waals surface area (Å²) in [6, 6.07) is 3.34. The molecule has 3 aromatic rings. The van der Waals surface area contributed by atoms with E-state index in [1.807, 2.05) is 0 Å². The average molecular weight is 564 g/mol. The lowest BCUT2D eigenvalue weighted by Gasteiger charge is -2.23. The fraction of sp³-hybridized carbons (Fsp3) is 0.444. The summed E-state index contributed by atoms with van der Waals surface area (Å²) in [5.41, 5.74) is 4.95. The number of nitrogens with zero attached hydrogens (tertiary/aromatic N) is 2. The second-order valence-electron chi connectivity index (χ2n) is 9.85. The predicted octanol–water partition coefficient (Wildman–Crippen LogP) is 4.09. The molecule has 40 heavy (non-hydrogen) atoms. The lowest BCUT2D eigenvalue weighted by atomic mass is 10.0. The zero-order valence-corrected chi connectivity index (χ0v) is 21.5. The summed E-state index contributed by atoms with van der Waals surface area (Å²) in [6.45, 7) is 0.848. The first kappa shape index (κ1) is 28.0. The Balaban J connectivity index is 1.31. The van der Waals surface area contributed by atoms with Crippen LogP contribution in [0.5, 0.6) is 5.75 Å². The standard InChI is InChI=1S/C27H29F4N5O4/c28-17-2-4-22(27(37)35-24-12-33-36-23(24)11-15-1-3-21(32)20(31)13-39-15)34-26(17)25-18(29)9-16(10-19(25)30)40-14-5-7-38-8-6-14/h2,4,9-10,12,14-15,20-21H,1,3,5-8,11,13,32H2,(H,33,36)(H,35,37)/t15-,20+,21+/m0/s1. The Bertz CT molecular complexity index is 1320. The smallest absolute Gasteiger partial charge is 0.274 e. The first-order valence-electron chi connectivity index (χ1n) is 13.0. The number of halogens is 4. The van der Waals surface area contributed by atoms with Gasteiger partial charge < -0.3 is 25.3 Å². The number of benzene rings is 1. The number of anilines is 1. The minimum Gasteiger partial charge on any atom is -0.490 e. The summed E-state index contributed by atoms with van der Waals surface area (Å²) in [5, 5.41) is 9.35. The van der Waals surface area contributed by atoms with Crippen LogP contribution in [0.3, 0.4) is 0 Å². The molecule has 13 heteroatoms. The highest BCUT2D eigenvalue weighted by atomic mass is 19.1. The highest BCUT2D eigenvalue weighted by Crippen LogP contribution is 2.32. The van der Waals surface area contributed by atoms with Gasteiger partial charge >= 0.3 is 0 Å². The van der Waals surface area contributed by atoms with Crippen LogP contribution in [0.4, 0.5) is 23.2 Å². The third-order valence-corrected chi connectivity index (χ3v) is 6.98. The predicted molar refractivity (Wildman–Crippen MR) is 136 cm³/mol. The molecule has 4 N–H and O–H groups in total. The number of ether oxygens (including phenoxy) is 3. The lowest BCUT2D eigenvalue weighted by Crippen LogP contribution is -2.32. The van der Waals surface area contributed by atoms with Crippen LogP contribution in [0, 0.1) is 17.5 Å². The van der Waals surface area contributed by atoms with Crippen molar-refractivity contribution in [2.24, 2.45) is 5.73 Å². The Hall–Kier alpha value is -3.55.